The van der Waals surface area contributed by atoms with Crippen LogP contribution >= 0.6 is 0 Å². The van der Waals surface area contributed by atoms with Gasteiger partial charge in [0.2, 0.25) is 5.88 Å². The molecule has 0 aliphatic carbocycles. The number of fused-ring (bicyclic) bond motifs is 1. The summed E-state index contributed by atoms with van der Waals surface area (Å²) >= 11 is 0. The largest absolute Gasteiger partial charge is 0.471 e. The van der Waals surface area contributed by atoms with E-state index < -0.39 is 5.60 Å². The molecule has 1 amide bonds. The molecule has 0 bridgehead atoms. The molecule has 1 unspecified atom stereocenters. The summed E-state index contributed by atoms with van der Waals surface area (Å²) in [6.07, 6.45) is 8.68. The minimum Gasteiger partial charge on any atom is -0.471 e. The number of amides is 1. The van der Waals surface area contributed by atoms with Crippen LogP contribution in [0.1, 0.15) is 68.8 Å². The number of piperidine rings is 1. The third-order valence-electron chi connectivity index (χ3n) is 7.38. The zero-order valence-electron chi connectivity index (χ0n) is 22.1. The van der Waals surface area contributed by atoms with Crippen LogP contribution in [0.5, 0.6) is 5.88 Å². The standard InChI is InChI=1S/C28H36N6O3/c1-5-6-10-28(3)16-19-15-21(24(32-26(19)37-28)34-13-11-27(2,36)12-14-34)25(35)31-23-9-7-8-22(30-23)20-17-29-33(4)18-20/h7-9,15,17-18,36H,5-6,10-14,16H2,1-4H3,(H,30,31,35). The molecule has 0 saturated carbocycles. The molecule has 5 rings (SSSR count). The van der Waals surface area contributed by atoms with Gasteiger partial charge in [0.1, 0.15) is 17.2 Å². The fourth-order valence-corrected chi connectivity index (χ4v) is 5.12. The van der Waals surface area contributed by atoms with Crippen molar-refractivity contribution in [2.24, 2.45) is 7.05 Å². The van der Waals surface area contributed by atoms with E-state index in [4.69, 9.17) is 9.72 Å². The number of aromatic nitrogens is 4. The smallest absolute Gasteiger partial charge is 0.260 e. The zero-order chi connectivity index (χ0) is 26.2. The van der Waals surface area contributed by atoms with Crippen molar-refractivity contribution < 1.29 is 14.6 Å². The van der Waals surface area contributed by atoms with Crippen molar-refractivity contribution in [3.05, 3.63) is 47.8 Å². The third kappa shape index (κ3) is 5.46. The van der Waals surface area contributed by atoms with Crippen molar-refractivity contribution in [2.75, 3.05) is 23.3 Å². The summed E-state index contributed by atoms with van der Waals surface area (Å²) in [6, 6.07) is 7.47. The molecule has 2 aliphatic heterocycles. The summed E-state index contributed by atoms with van der Waals surface area (Å²) < 4.78 is 8.07. The van der Waals surface area contributed by atoms with Crippen molar-refractivity contribution in [3.8, 4) is 17.1 Å². The summed E-state index contributed by atoms with van der Waals surface area (Å²) in [5, 5.41) is 17.7. The van der Waals surface area contributed by atoms with Gasteiger partial charge in [-0.2, -0.15) is 10.1 Å². The molecule has 2 N–H and O–H groups in total. The van der Waals surface area contributed by atoms with E-state index in [-0.39, 0.29) is 11.5 Å². The molecule has 0 radical (unpaired) electrons. The quantitative estimate of drug-likeness (QED) is 0.492. The van der Waals surface area contributed by atoms with Crippen molar-refractivity contribution in [2.45, 2.75) is 70.5 Å². The van der Waals surface area contributed by atoms with Gasteiger partial charge >= 0.3 is 0 Å². The maximum atomic E-state index is 13.7. The molecule has 5 heterocycles. The van der Waals surface area contributed by atoms with Crippen molar-refractivity contribution in [1.82, 2.24) is 19.7 Å². The number of pyridine rings is 2. The van der Waals surface area contributed by atoms with Crippen LogP contribution < -0.4 is 15.0 Å². The van der Waals surface area contributed by atoms with Gasteiger partial charge in [0.05, 0.1) is 23.1 Å². The first kappa shape index (κ1) is 25.2. The molecule has 2 aliphatic rings. The highest BCUT2D eigenvalue weighted by Crippen LogP contribution is 2.40. The number of anilines is 2. The van der Waals surface area contributed by atoms with E-state index in [1.807, 2.05) is 38.4 Å². The van der Waals surface area contributed by atoms with E-state index in [2.05, 4.69) is 34.1 Å². The number of carbonyl (C=O) groups excluding carboxylic acids is 1. The van der Waals surface area contributed by atoms with Crippen LogP contribution in [0.2, 0.25) is 0 Å². The van der Waals surface area contributed by atoms with E-state index in [0.29, 0.717) is 49.0 Å². The van der Waals surface area contributed by atoms with Crippen molar-refractivity contribution in [3.63, 3.8) is 0 Å². The van der Waals surface area contributed by atoms with Gasteiger partial charge in [-0.25, -0.2) is 4.98 Å². The van der Waals surface area contributed by atoms with Crippen LogP contribution in [0.15, 0.2) is 36.7 Å². The van der Waals surface area contributed by atoms with E-state index in [9.17, 15) is 9.90 Å². The Hall–Kier alpha value is -3.46. The number of carbonyl (C=O) groups is 1. The van der Waals surface area contributed by atoms with Gasteiger partial charge in [-0.15, -0.1) is 0 Å². The molecule has 37 heavy (non-hydrogen) atoms. The number of hydrogen-bond acceptors (Lipinski definition) is 7. The first-order valence-electron chi connectivity index (χ1n) is 13.1. The second-order valence-electron chi connectivity index (χ2n) is 10.9. The average molecular weight is 505 g/mol. The van der Waals surface area contributed by atoms with Gasteiger partial charge in [0.25, 0.3) is 5.91 Å². The van der Waals surface area contributed by atoms with Crippen LogP contribution in [0.25, 0.3) is 11.3 Å². The molecule has 1 saturated heterocycles. The number of nitrogens with zero attached hydrogens (tertiary/aromatic N) is 5. The molecule has 1 atom stereocenters. The Balaban J connectivity index is 1.45. The summed E-state index contributed by atoms with van der Waals surface area (Å²) in [6.45, 7) is 7.38. The molecular weight excluding hydrogens is 468 g/mol. The SMILES string of the molecule is CCCCC1(C)Cc2cc(C(=O)Nc3cccc(-c4cnn(C)c4)n3)c(N3CCC(C)(O)CC3)nc2O1. The van der Waals surface area contributed by atoms with Crippen molar-refractivity contribution in [1.29, 1.82) is 0 Å². The highest BCUT2D eigenvalue weighted by molar-refractivity contribution is 6.07. The third-order valence-corrected chi connectivity index (χ3v) is 7.38. The molecule has 9 heteroatoms. The first-order valence-corrected chi connectivity index (χ1v) is 13.1. The van der Waals surface area contributed by atoms with E-state index in [0.717, 1.165) is 42.5 Å². The highest BCUT2D eigenvalue weighted by atomic mass is 16.5. The summed E-state index contributed by atoms with van der Waals surface area (Å²) in [5.41, 5.74) is 2.04. The number of hydrogen-bond donors (Lipinski definition) is 2. The Kier molecular flexibility index (Phi) is 6.66. The lowest BCUT2D eigenvalue weighted by molar-refractivity contribution is 0.0350. The van der Waals surface area contributed by atoms with Gasteiger partial charge < -0.3 is 20.1 Å². The minimum atomic E-state index is -0.707. The van der Waals surface area contributed by atoms with Gasteiger partial charge in [-0.1, -0.05) is 19.4 Å². The number of rotatable bonds is 7. The van der Waals surface area contributed by atoms with Crippen LogP contribution in [0, 0.1) is 0 Å². The molecule has 3 aromatic heterocycles. The lowest BCUT2D eigenvalue weighted by atomic mass is 9.92. The number of ether oxygens (including phenoxy) is 1. The second kappa shape index (κ2) is 9.78. The summed E-state index contributed by atoms with van der Waals surface area (Å²) in [4.78, 5) is 25.3. The van der Waals surface area contributed by atoms with Gasteiger partial charge in [-0.05, 0) is 57.7 Å². The topological polar surface area (TPSA) is 105 Å². The summed E-state index contributed by atoms with van der Waals surface area (Å²) in [7, 11) is 1.86. The maximum absolute atomic E-state index is 13.7. The maximum Gasteiger partial charge on any atom is 0.260 e. The predicted octanol–water partition coefficient (Wildman–Crippen LogP) is 4.36. The van der Waals surface area contributed by atoms with Crippen LogP contribution in [-0.4, -0.2) is 55.1 Å². The molecule has 0 spiro atoms. The van der Waals surface area contributed by atoms with E-state index in [1.54, 1.807) is 16.9 Å². The Bertz CT molecular complexity index is 1290. The molecular formula is C28H36N6O3. The Morgan fingerprint density at radius 1 is 1.22 bits per heavy atom. The number of aryl methyl sites for hydroxylation is 1. The van der Waals surface area contributed by atoms with Gasteiger partial charge in [0.15, 0.2) is 0 Å². The van der Waals surface area contributed by atoms with Gasteiger partial charge in [-0.3, -0.25) is 9.48 Å². The Labute approximate surface area is 217 Å². The van der Waals surface area contributed by atoms with Crippen LogP contribution in [0.3, 0.4) is 0 Å². The lowest BCUT2D eigenvalue weighted by Gasteiger charge is -2.37. The van der Waals surface area contributed by atoms with Crippen LogP contribution in [0.4, 0.5) is 11.6 Å². The normalized spacial score (nSPS) is 20.4. The number of aliphatic hydroxyl groups is 1. The number of unbranched alkanes of at least 4 members (excludes halogenated alkanes) is 1. The Morgan fingerprint density at radius 2 is 2.00 bits per heavy atom. The average Bonchev–Trinajstić information content (AvgIpc) is 3.44. The molecule has 3 aromatic rings. The molecule has 196 valence electrons. The molecule has 1 fully saturated rings. The zero-order valence-corrected chi connectivity index (χ0v) is 22.1. The first-order chi connectivity index (χ1) is 17.6. The monoisotopic (exact) mass is 504 g/mol. The Morgan fingerprint density at radius 3 is 2.70 bits per heavy atom. The second-order valence-corrected chi connectivity index (χ2v) is 10.9. The molecule has 0 aromatic carbocycles. The highest BCUT2D eigenvalue weighted by Gasteiger charge is 2.38. The van der Waals surface area contributed by atoms with Gasteiger partial charge in [0, 0.05) is 43.9 Å². The number of nitrogens with one attached hydrogen (secondary N) is 1. The predicted molar refractivity (Wildman–Crippen MR) is 143 cm³/mol. The van der Waals surface area contributed by atoms with Crippen LogP contribution in [-0.2, 0) is 13.5 Å². The fourth-order valence-electron chi connectivity index (χ4n) is 5.12. The molecule has 9 nitrogen and oxygen atoms in total. The van der Waals surface area contributed by atoms with Crippen molar-refractivity contribution >= 4 is 17.5 Å². The van der Waals surface area contributed by atoms with E-state index >= 15 is 0 Å². The lowest BCUT2D eigenvalue weighted by Crippen LogP contribution is -2.43. The summed E-state index contributed by atoms with van der Waals surface area (Å²) in [5.74, 6) is 1.40. The minimum absolute atomic E-state index is 0.263. The van der Waals surface area contributed by atoms with E-state index in [1.165, 1.54) is 0 Å². The fraction of sp³-hybridized carbons (Fsp3) is 0.500.